The molecule has 54 heavy (non-hydrogen) atoms. The van der Waals surface area contributed by atoms with Crippen molar-refractivity contribution in [2.24, 2.45) is 17.6 Å². The van der Waals surface area contributed by atoms with E-state index in [1.54, 1.807) is 4.90 Å². The minimum absolute atomic E-state index is 0.0220. The number of non-ortho nitro benzene ring substituents is 2. The summed E-state index contributed by atoms with van der Waals surface area (Å²) in [5.74, 6) is -2.56. The summed E-state index contributed by atoms with van der Waals surface area (Å²) in [5.41, 5.74) is 6.54. The minimum Gasteiger partial charge on any atom is -0.456 e. The van der Waals surface area contributed by atoms with Crippen LogP contribution in [0.15, 0.2) is 59.1 Å². The number of carbonyl (C=O) groups excluding carboxylic acids is 4. The molecule has 0 spiro atoms. The van der Waals surface area contributed by atoms with Gasteiger partial charge in [-0.2, -0.15) is 0 Å². The van der Waals surface area contributed by atoms with E-state index >= 15 is 0 Å². The number of thioether (sulfide) groups is 1. The van der Waals surface area contributed by atoms with E-state index in [1.807, 2.05) is 6.92 Å². The average Bonchev–Trinajstić information content (AvgIpc) is 3.81. The van der Waals surface area contributed by atoms with Crippen LogP contribution >= 0.6 is 11.8 Å². The zero-order chi connectivity index (χ0) is 38.8. The largest absolute Gasteiger partial charge is 0.456 e. The van der Waals surface area contributed by atoms with E-state index in [9.17, 15) is 44.5 Å². The molecule has 4 heterocycles. The third-order valence-electron chi connectivity index (χ3n) is 10.8. The number of nitrogens with zero attached hydrogens (tertiary/aromatic N) is 4. The number of rotatable bonds is 14. The molecule has 2 aromatic rings. The molecule has 0 radical (unpaired) electrons. The number of hydrogen-bond donors (Lipinski definition) is 3. The monoisotopic (exact) mass is 767 g/mol. The van der Waals surface area contributed by atoms with Crippen molar-refractivity contribution in [1.82, 2.24) is 9.80 Å². The molecule has 0 aromatic heterocycles. The van der Waals surface area contributed by atoms with Crippen LogP contribution < -0.4 is 10.6 Å². The fourth-order valence-corrected chi connectivity index (χ4v) is 9.70. The molecule has 0 aliphatic carbocycles. The lowest BCUT2D eigenvalue weighted by atomic mass is 9.79. The van der Waals surface area contributed by atoms with Crippen LogP contribution in [0.5, 0.6) is 0 Å². The second-order valence-electron chi connectivity index (χ2n) is 14.3. The molecule has 18 heteroatoms. The van der Waals surface area contributed by atoms with Gasteiger partial charge in [-0.25, -0.2) is 9.59 Å². The number of β-lactam (4-membered cyclic amide) rings is 1. The van der Waals surface area contributed by atoms with E-state index in [1.165, 1.54) is 72.1 Å². The number of fused-ring (bicyclic) bond motifs is 1. The fourth-order valence-electron chi connectivity index (χ4n) is 8.14. The lowest BCUT2D eigenvalue weighted by molar-refractivity contribution is -0.913. The summed E-state index contributed by atoms with van der Waals surface area (Å²) in [7, 11) is 0. The number of likely N-dealkylation sites (tertiary alicyclic amines) is 2. The van der Waals surface area contributed by atoms with Crippen LogP contribution in [0, 0.1) is 32.1 Å². The number of esters is 1. The van der Waals surface area contributed by atoms with Crippen molar-refractivity contribution >= 4 is 47.0 Å². The highest BCUT2D eigenvalue weighted by Gasteiger charge is 2.60. The number of hydrogen-bond acceptors (Lipinski definition) is 12. The van der Waals surface area contributed by atoms with Crippen molar-refractivity contribution < 1.29 is 48.5 Å². The molecule has 4 aliphatic heterocycles. The highest BCUT2D eigenvalue weighted by Crippen LogP contribution is 2.52. The normalized spacial score (nSPS) is 26.6. The Bertz CT molecular complexity index is 1840. The standard InChI is InChI=1S/C36H42N6O11S/c1-20-31-30(21(2)43)34(45)40(31)32(35(46)52-18-22-5-9-24(10-6-22)41(48)49)33(20)54-28-14-27(16-38-13-3-4-26(38)15-29(37)44)39(17-28)36(47)53-19-23-7-11-25(12-8-23)42(50)51/h5-12,20-21,26-28,30-31,43H,3-4,13-19H2,1-2H3,(H2,37,44)/p+1/t20-,21-,26?,27+,28+,30-,31-/m1/s1. The van der Waals surface area contributed by atoms with Gasteiger partial charge in [-0.15, -0.1) is 11.8 Å². The fraction of sp³-hybridized carbons (Fsp3) is 0.500. The Morgan fingerprint density at radius 1 is 1.02 bits per heavy atom. The Kier molecular flexibility index (Phi) is 11.5. The number of primary amides is 1. The summed E-state index contributed by atoms with van der Waals surface area (Å²) in [6.45, 7) is 4.74. The molecule has 2 aromatic carbocycles. The smallest absolute Gasteiger partial charge is 0.410 e. The third kappa shape index (κ3) is 8.05. The van der Waals surface area contributed by atoms with Gasteiger partial charge >= 0.3 is 12.1 Å². The predicted molar refractivity (Wildman–Crippen MR) is 192 cm³/mol. The van der Waals surface area contributed by atoms with Crippen LogP contribution in [0.3, 0.4) is 0 Å². The number of aliphatic hydroxyl groups excluding tert-OH is 1. The first kappa shape index (κ1) is 38.6. The lowest BCUT2D eigenvalue weighted by Crippen LogP contribution is -3.15. The Morgan fingerprint density at radius 2 is 1.61 bits per heavy atom. The first-order valence-corrected chi connectivity index (χ1v) is 18.7. The summed E-state index contributed by atoms with van der Waals surface area (Å²) in [6, 6.07) is 10.6. The van der Waals surface area contributed by atoms with Gasteiger partial charge in [0.1, 0.15) is 18.9 Å². The summed E-state index contributed by atoms with van der Waals surface area (Å²) >= 11 is 1.39. The molecular weight excluding hydrogens is 724 g/mol. The highest BCUT2D eigenvalue weighted by molar-refractivity contribution is 8.03. The summed E-state index contributed by atoms with van der Waals surface area (Å²) < 4.78 is 11.4. The summed E-state index contributed by atoms with van der Waals surface area (Å²) in [6.07, 6.45) is 0.973. The minimum atomic E-state index is -0.948. The molecule has 17 nitrogen and oxygen atoms in total. The number of aliphatic hydroxyl groups is 1. The third-order valence-corrected chi connectivity index (χ3v) is 12.3. The maximum absolute atomic E-state index is 13.8. The van der Waals surface area contributed by atoms with Gasteiger partial charge in [-0.3, -0.25) is 34.7 Å². The summed E-state index contributed by atoms with van der Waals surface area (Å²) in [4.78, 5) is 78.6. The van der Waals surface area contributed by atoms with Gasteiger partial charge < -0.3 is 30.1 Å². The molecule has 4 N–H and O–H groups in total. The van der Waals surface area contributed by atoms with Crippen LogP contribution in [0.25, 0.3) is 0 Å². The molecule has 3 saturated heterocycles. The SMILES string of the molecule is C[C@@H](O)[C@H]1C(=O)N2C(C(=O)OCc3ccc([N+](=O)[O-])cc3)=C(S[C@H]3C[C@@H](C[NH+]4CCCC4CC(N)=O)N(C(=O)OCc4ccc([N+](=O)[O-])cc4)C3)[C@H](C)[C@H]12. The molecule has 4 aliphatic rings. The van der Waals surface area contributed by atoms with Crippen LogP contribution in [-0.4, -0.2) is 97.7 Å². The maximum atomic E-state index is 13.8. The van der Waals surface area contributed by atoms with Gasteiger partial charge in [-0.1, -0.05) is 6.92 Å². The number of nitro benzene ring substituents is 2. The molecule has 3 fully saturated rings. The summed E-state index contributed by atoms with van der Waals surface area (Å²) in [5, 5.41) is 32.4. The van der Waals surface area contributed by atoms with Crippen molar-refractivity contribution in [3.63, 3.8) is 0 Å². The van der Waals surface area contributed by atoms with E-state index in [4.69, 9.17) is 15.2 Å². The van der Waals surface area contributed by atoms with Gasteiger partial charge in [0.2, 0.25) is 11.8 Å². The van der Waals surface area contributed by atoms with Crippen LogP contribution in [-0.2, 0) is 37.1 Å². The van der Waals surface area contributed by atoms with E-state index < -0.39 is 45.9 Å². The second-order valence-corrected chi connectivity index (χ2v) is 15.7. The Balaban J connectivity index is 1.22. The number of carbonyl (C=O) groups is 4. The van der Waals surface area contributed by atoms with Gasteiger partial charge in [0.05, 0.1) is 59.5 Å². The zero-order valence-corrected chi connectivity index (χ0v) is 30.6. The first-order valence-electron chi connectivity index (χ1n) is 17.9. The zero-order valence-electron chi connectivity index (χ0n) is 29.8. The molecule has 0 bridgehead atoms. The van der Waals surface area contributed by atoms with E-state index in [-0.39, 0.29) is 72.4 Å². The van der Waals surface area contributed by atoms with E-state index in [2.05, 4.69) is 0 Å². The van der Waals surface area contributed by atoms with E-state index in [0.29, 0.717) is 29.0 Å². The number of benzene rings is 2. The number of nitro groups is 2. The Hall–Kier alpha value is -5.07. The number of amides is 3. The Morgan fingerprint density at radius 3 is 2.17 bits per heavy atom. The van der Waals surface area contributed by atoms with Gasteiger partial charge in [0.25, 0.3) is 11.4 Å². The van der Waals surface area contributed by atoms with E-state index in [0.717, 1.165) is 24.3 Å². The lowest BCUT2D eigenvalue weighted by Gasteiger charge is -2.46. The number of ether oxygens (including phenoxy) is 2. The quantitative estimate of drug-likeness (QED) is 0.109. The number of nitrogens with one attached hydrogen (secondary N) is 1. The maximum Gasteiger partial charge on any atom is 0.410 e. The molecular formula is C36H43N6O11S+. The molecule has 0 saturated carbocycles. The number of quaternary nitrogens is 1. The van der Waals surface area contributed by atoms with Crippen molar-refractivity contribution in [2.45, 2.75) is 82.2 Å². The Labute approximate surface area is 314 Å². The number of nitrogens with two attached hydrogens (primary N) is 1. The molecule has 6 rings (SSSR count). The van der Waals surface area contributed by atoms with Crippen molar-refractivity contribution in [3.8, 4) is 0 Å². The van der Waals surface area contributed by atoms with Gasteiger partial charge in [-0.05, 0) is 48.7 Å². The van der Waals surface area contributed by atoms with Crippen molar-refractivity contribution in [3.05, 3.63) is 90.5 Å². The van der Waals surface area contributed by atoms with Crippen LogP contribution in [0.4, 0.5) is 16.2 Å². The predicted octanol–water partition coefficient (Wildman–Crippen LogP) is 2.05. The van der Waals surface area contributed by atoms with Crippen LogP contribution in [0.1, 0.15) is 50.7 Å². The molecule has 288 valence electrons. The topological polar surface area (TPSA) is 230 Å². The molecule has 8 atom stereocenters. The first-order chi connectivity index (χ1) is 25.7. The molecule has 3 amide bonds. The highest BCUT2D eigenvalue weighted by atomic mass is 32.2. The van der Waals surface area contributed by atoms with Gasteiger partial charge in [0, 0.05) is 59.7 Å². The average molecular weight is 768 g/mol. The van der Waals surface area contributed by atoms with Crippen LogP contribution in [0.2, 0.25) is 0 Å². The molecule has 2 unspecified atom stereocenters. The van der Waals surface area contributed by atoms with Crippen molar-refractivity contribution in [1.29, 1.82) is 0 Å². The van der Waals surface area contributed by atoms with Crippen molar-refractivity contribution in [2.75, 3.05) is 19.6 Å². The second kappa shape index (κ2) is 16.1. The van der Waals surface area contributed by atoms with Gasteiger partial charge in [0.15, 0.2) is 0 Å².